The molecule has 1 aromatic carbocycles. The second-order valence-corrected chi connectivity index (χ2v) is 6.09. The summed E-state index contributed by atoms with van der Waals surface area (Å²) in [6.07, 6.45) is 9.54. The van der Waals surface area contributed by atoms with Crippen molar-refractivity contribution in [2.24, 2.45) is 5.92 Å². The van der Waals surface area contributed by atoms with Crippen molar-refractivity contribution in [1.82, 2.24) is 0 Å². The lowest BCUT2D eigenvalue weighted by Crippen LogP contribution is -2.19. The van der Waals surface area contributed by atoms with Crippen LogP contribution in [-0.2, 0) is 11.3 Å². The largest absolute Gasteiger partial charge is 0.382 e. The molecular weight excluding hydrogens is 246 g/mol. The van der Waals surface area contributed by atoms with Crippen LogP contribution in [0, 0.1) is 5.92 Å². The van der Waals surface area contributed by atoms with Crippen LogP contribution in [0.25, 0.3) is 0 Å². The number of hydrogen-bond donors (Lipinski definition) is 1. The minimum Gasteiger partial charge on any atom is -0.382 e. The Labute approximate surface area is 123 Å². The van der Waals surface area contributed by atoms with E-state index in [1.165, 1.54) is 56.2 Å². The third kappa shape index (κ3) is 4.52. The van der Waals surface area contributed by atoms with Gasteiger partial charge in [0.2, 0.25) is 0 Å². The smallest absolute Gasteiger partial charge is 0.0733 e. The van der Waals surface area contributed by atoms with E-state index in [-0.39, 0.29) is 0 Å². The fourth-order valence-corrected chi connectivity index (χ4v) is 3.38. The molecule has 0 amide bonds. The molecule has 1 aromatic rings. The van der Waals surface area contributed by atoms with Crippen molar-refractivity contribution in [1.29, 1.82) is 0 Å². The maximum Gasteiger partial charge on any atom is 0.0733 e. The van der Waals surface area contributed by atoms with Gasteiger partial charge in [-0.3, -0.25) is 0 Å². The van der Waals surface area contributed by atoms with E-state index in [4.69, 9.17) is 4.74 Å². The summed E-state index contributed by atoms with van der Waals surface area (Å²) in [4.78, 5) is 0. The molecule has 0 saturated heterocycles. The van der Waals surface area contributed by atoms with Gasteiger partial charge in [-0.15, -0.1) is 0 Å². The van der Waals surface area contributed by atoms with Crippen molar-refractivity contribution >= 4 is 5.69 Å². The first-order valence-corrected chi connectivity index (χ1v) is 8.16. The fourth-order valence-electron chi connectivity index (χ4n) is 3.38. The van der Waals surface area contributed by atoms with Crippen LogP contribution in [-0.4, -0.2) is 13.2 Å². The Hall–Kier alpha value is -1.02. The van der Waals surface area contributed by atoms with Crippen molar-refractivity contribution in [3.8, 4) is 0 Å². The van der Waals surface area contributed by atoms with E-state index in [1.54, 1.807) is 7.11 Å². The quantitative estimate of drug-likeness (QED) is 0.738. The monoisotopic (exact) mass is 275 g/mol. The summed E-state index contributed by atoms with van der Waals surface area (Å²) in [5.74, 6) is 0.959. The van der Waals surface area contributed by atoms with E-state index in [0.29, 0.717) is 12.6 Å². The molecule has 20 heavy (non-hydrogen) atoms. The summed E-state index contributed by atoms with van der Waals surface area (Å²) >= 11 is 0. The first-order chi connectivity index (χ1) is 9.83. The first-order valence-electron chi connectivity index (χ1n) is 8.16. The number of anilines is 1. The minimum atomic E-state index is 0.634. The highest BCUT2D eigenvalue weighted by molar-refractivity contribution is 5.51. The first kappa shape index (κ1) is 15.4. The topological polar surface area (TPSA) is 21.3 Å². The Morgan fingerprint density at radius 2 is 2.00 bits per heavy atom. The molecular formula is C18H29NO. The summed E-state index contributed by atoms with van der Waals surface area (Å²) in [6, 6.07) is 9.17. The van der Waals surface area contributed by atoms with Crippen LogP contribution in [0.5, 0.6) is 0 Å². The fraction of sp³-hybridized carbons (Fsp3) is 0.667. The lowest BCUT2D eigenvalue weighted by atomic mass is 9.95. The Bertz CT molecular complexity index is 391. The molecule has 1 saturated carbocycles. The molecule has 2 heteroatoms. The van der Waals surface area contributed by atoms with Crippen LogP contribution in [0.4, 0.5) is 5.69 Å². The van der Waals surface area contributed by atoms with Gasteiger partial charge in [-0.2, -0.15) is 0 Å². The van der Waals surface area contributed by atoms with Gasteiger partial charge in [0.05, 0.1) is 6.61 Å². The standard InChI is InChI=1S/C18H29NO/c1-3-7-15-8-6-10-17(13-12-15)19-18-11-5-4-9-16(18)14-20-2/h4-5,9,11,15,17,19H,3,6-8,10,12-14H2,1-2H3. The van der Waals surface area contributed by atoms with Crippen molar-refractivity contribution in [2.45, 2.75) is 64.5 Å². The van der Waals surface area contributed by atoms with Crippen LogP contribution in [0.3, 0.4) is 0 Å². The highest BCUT2D eigenvalue weighted by Gasteiger charge is 2.18. The zero-order valence-corrected chi connectivity index (χ0v) is 13.0. The van der Waals surface area contributed by atoms with Crippen LogP contribution >= 0.6 is 0 Å². The number of benzene rings is 1. The third-order valence-electron chi connectivity index (χ3n) is 4.46. The van der Waals surface area contributed by atoms with Gasteiger partial charge in [0, 0.05) is 24.4 Å². The molecule has 2 atom stereocenters. The zero-order chi connectivity index (χ0) is 14.2. The maximum atomic E-state index is 5.29. The van der Waals surface area contributed by atoms with E-state index >= 15 is 0 Å². The van der Waals surface area contributed by atoms with Gasteiger partial charge in [0.1, 0.15) is 0 Å². The number of rotatable bonds is 6. The molecule has 2 unspecified atom stereocenters. The number of hydrogen-bond acceptors (Lipinski definition) is 2. The maximum absolute atomic E-state index is 5.29. The van der Waals surface area contributed by atoms with Crippen LogP contribution in [0.15, 0.2) is 24.3 Å². The highest BCUT2D eigenvalue weighted by atomic mass is 16.5. The predicted molar refractivity (Wildman–Crippen MR) is 86.0 cm³/mol. The summed E-state index contributed by atoms with van der Waals surface area (Å²) < 4.78 is 5.29. The molecule has 1 N–H and O–H groups in total. The molecule has 0 bridgehead atoms. The molecule has 2 nitrogen and oxygen atoms in total. The Morgan fingerprint density at radius 3 is 2.80 bits per heavy atom. The molecule has 1 fully saturated rings. The summed E-state index contributed by atoms with van der Waals surface area (Å²) in [5, 5.41) is 3.76. The molecule has 0 radical (unpaired) electrons. The molecule has 2 rings (SSSR count). The lowest BCUT2D eigenvalue weighted by Gasteiger charge is -2.20. The zero-order valence-electron chi connectivity index (χ0n) is 13.0. The van der Waals surface area contributed by atoms with Crippen molar-refractivity contribution < 1.29 is 4.74 Å². The van der Waals surface area contributed by atoms with E-state index < -0.39 is 0 Å². The van der Waals surface area contributed by atoms with E-state index in [0.717, 1.165) is 5.92 Å². The van der Waals surface area contributed by atoms with E-state index in [9.17, 15) is 0 Å². The van der Waals surface area contributed by atoms with Gasteiger partial charge in [-0.05, 0) is 31.2 Å². The van der Waals surface area contributed by atoms with Crippen molar-refractivity contribution in [2.75, 3.05) is 12.4 Å². The molecule has 0 heterocycles. The number of para-hydroxylation sites is 1. The van der Waals surface area contributed by atoms with E-state index in [1.807, 2.05) is 0 Å². The summed E-state index contributed by atoms with van der Waals surface area (Å²) in [6.45, 7) is 3.00. The average Bonchev–Trinajstić information content (AvgIpc) is 2.68. The van der Waals surface area contributed by atoms with Gasteiger partial charge in [-0.25, -0.2) is 0 Å². The van der Waals surface area contributed by atoms with Gasteiger partial charge >= 0.3 is 0 Å². The predicted octanol–water partition coefficient (Wildman–Crippen LogP) is 4.99. The Kier molecular flexibility index (Phi) is 6.38. The van der Waals surface area contributed by atoms with Crippen LogP contribution < -0.4 is 5.32 Å². The van der Waals surface area contributed by atoms with Gasteiger partial charge in [0.15, 0.2) is 0 Å². The molecule has 0 aliphatic heterocycles. The van der Waals surface area contributed by atoms with Crippen LogP contribution in [0.1, 0.15) is 57.4 Å². The second-order valence-electron chi connectivity index (χ2n) is 6.09. The second kappa shape index (κ2) is 8.31. The van der Waals surface area contributed by atoms with Crippen LogP contribution in [0.2, 0.25) is 0 Å². The highest BCUT2D eigenvalue weighted by Crippen LogP contribution is 2.29. The van der Waals surface area contributed by atoms with Gasteiger partial charge in [-0.1, -0.05) is 50.8 Å². The normalized spacial score (nSPS) is 23.3. The molecule has 112 valence electrons. The molecule has 0 spiro atoms. The average molecular weight is 275 g/mol. The molecule has 1 aliphatic rings. The number of nitrogens with one attached hydrogen (secondary N) is 1. The van der Waals surface area contributed by atoms with Gasteiger partial charge in [0.25, 0.3) is 0 Å². The van der Waals surface area contributed by atoms with E-state index in [2.05, 4.69) is 36.5 Å². The molecule has 1 aliphatic carbocycles. The number of methoxy groups -OCH3 is 1. The van der Waals surface area contributed by atoms with Crippen molar-refractivity contribution in [3.63, 3.8) is 0 Å². The summed E-state index contributed by atoms with van der Waals surface area (Å²) in [5.41, 5.74) is 2.53. The minimum absolute atomic E-state index is 0.634. The SMILES string of the molecule is CCCC1CCCC(Nc2ccccc2COC)CC1. The third-order valence-corrected chi connectivity index (χ3v) is 4.46. The Morgan fingerprint density at radius 1 is 1.15 bits per heavy atom. The number of ether oxygens (including phenoxy) is 1. The Balaban J connectivity index is 1.93. The van der Waals surface area contributed by atoms with Crippen molar-refractivity contribution in [3.05, 3.63) is 29.8 Å². The van der Waals surface area contributed by atoms with Gasteiger partial charge < -0.3 is 10.1 Å². The lowest BCUT2D eigenvalue weighted by molar-refractivity contribution is 0.185. The molecule has 0 aromatic heterocycles. The summed E-state index contributed by atoms with van der Waals surface area (Å²) in [7, 11) is 1.76.